The summed E-state index contributed by atoms with van der Waals surface area (Å²) in [5.41, 5.74) is 2.24. The van der Waals surface area contributed by atoms with Crippen molar-refractivity contribution in [2.24, 2.45) is 0 Å². The minimum Gasteiger partial charge on any atom is -0.426 e. The average molecular weight is 190 g/mol. The highest BCUT2D eigenvalue weighted by molar-refractivity contribution is 5.70. The van der Waals surface area contributed by atoms with Crippen LogP contribution in [-0.4, -0.2) is 5.97 Å². The number of rotatable bonds is 2. The zero-order valence-corrected chi connectivity index (χ0v) is 8.54. The van der Waals surface area contributed by atoms with Crippen LogP contribution < -0.4 is 4.74 Å². The number of para-hydroxylation sites is 1. The molecule has 1 aliphatic rings. The van der Waals surface area contributed by atoms with Crippen molar-refractivity contribution in [3.8, 4) is 5.75 Å². The Morgan fingerprint density at radius 3 is 2.71 bits per heavy atom. The summed E-state index contributed by atoms with van der Waals surface area (Å²) in [7, 11) is 0. The maximum absolute atomic E-state index is 10.9. The van der Waals surface area contributed by atoms with E-state index in [9.17, 15) is 4.79 Å². The number of carbonyl (C=O) groups excluding carboxylic acids is 1. The molecule has 2 heteroatoms. The quantitative estimate of drug-likeness (QED) is 0.529. The summed E-state index contributed by atoms with van der Waals surface area (Å²) in [4.78, 5) is 10.9. The van der Waals surface area contributed by atoms with Crippen LogP contribution in [0.3, 0.4) is 0 Å². The van der Waals surface area contributed by atoms with Crippen LogP contribution in [0.15, 0.2) is 18.2 Å². The maximum Gasteiger partial charge on any atom is 0.308 e. The predicted molar refractivity (Wildman–Crippen MR) is 54.5 cm³/mol. The van der Waals surface area contributed by atoms with Crippen LogP contribution in [0.2, 0.25) is 0 Å². The lowest BCUT2D eigenvalue weighted by molar-refractivity contribution is -0.131. The van der Waals surface area contributed by atoms with Gasteiger partial charge in [0.1, 0.15) is 5.75 Å². The first-order chi connectivity index (χ1) is 6.68. The van der Waals surface area contributed by atoms with Gasteiger partial charge < -0.3 is 4.74 Å². The van der Waals surface area contributed by atoms with Crippen molar-refractivity contribution in [1.29, 1.82) is 0 Å². The molecule has 2 nitrogen and oxygen atoms in total. The number of ether oxygens (including phenoxy) is 1. The van der Waals surface area contributed by atoms with Gasteiger partial charge in [-0.1, -0.05) is 18.2 Å². The molecule has 0 aromatic heterocycles. The summed E-state index contributed by atoms with van der Waals surface area (Å²) in [6.07, 6.45) is 2.44. The standard InChI is InChI=1S/C12H14O2/c1-8-4-3-5-11(10-6-7-10)12(8)14-9(2)13/h3-5,10H,6-7H2,1-2H3. The second-order valence-corrected chi connectivity index (χ2v) is 3.86. The molecule has 0 radical (unpaired) electrons. The number of esters is 1. The number of carbonyl (C=O) groups is 1. The molecule has 1 saturated carbocycles. The summed E-state index contributed by atoms with van der Waals surface area (Å²) in [6.45, 7) is 3.42. The lowest BCUT2D eigenvalue weighted by Gasteiger charge is -2.10. The van der Waals surface area contributed by atoms with E-state index in [2.05, 4.69) is 6.07 Å². The molecule has 1 aromatic carbocycles. The second kappa shape index (κ2) is 3.45. The van der Waals surface area contributed by atoms with Crippen LogP contribution in [0, 0.1) is 6.92 Å². The van der Waals surface area contributed by atoms with Gasteiger partial charge in [-0.2, -0.15) is 0 Å². The summed E-state index contributed by atoms with van der Waals surface area (Å²) in [6, 6.07) is 6.06. The molecule has 0 spiro atoms. The number of aryl methyl sites for hydroxylation is 1. The largest absolute Gasteiger partial charge is 0.426 e. The summed E-state index contributed by atoms with van der Waals surface area (Å²) >= 11 is 0. The molecular formula is C12H14O2. The Balaban J connectivity index is 2.37. The normalized spacial score (nSPS) is 15.3. The van der Waals surface area contributed by atoms with E-state index < -0.39 is 0 Å². The molecule has 1 aromatic rings. The van der Waals surface area contributed by atoms with Gasteiger partial charge in [0.05, 0.1) is 0 Å². The Morgan fingerprint density at radius 2 is 2.14 bits per heavy atom. The van der Waals surface area contributed by atoms with Crippen molar-refractivity contribution in [2.75, 3.05) is 0 Å². The van der Waals surface area contributed by atoms with Crippen molar-refractivity contribution in [3.63, 3.8) is 0 Å². The van der Waals surface area contributed by atoms with Crippen molar-refractivity contribution in [2.45, 2.75) is 32.6 Å². The molecule has 0 unspecified atom stereocenters. The van der Waals surface area contributed by atoms with Gasteiger partial charge in [0, 0.05) is 6.92 Å². The van der Waals surface area contributed by atoms with Gasteiger partial charge in [-0.05, 0) is 36.8 Å². The van der Waals surface area contributed by atoms with E-state index in [-0.39, 0.29) is 5.97 Å². The van der Waals surface area contributed by atoms with Gasteiger partial charge in [0.25, 0.3) is 0 Å². The van der Waals surface area contributed by atoms with Crippen LogP contribution in [0.5, 0.6) is 5.75 Å². The fourth-order valence-electron chi connectivity index (χ4n) is 1.67. The highest BCUT2D eigenvalue weighted by Crippen LogP contribution is 2.45. The van der Waals surface area contributed by atoms with Gasteiger partial charge in [-0.25, -0.2) is 0 Å². The molecule has 74 valence electrons. The van der Waals surface area contributed by atoms with Crippen molar-refractivity contribution in [1.82, 2.24) is 0 Å². The molecule has 0 heterocycles. The predicted octanol–water partition coefficient (Wildman–Crippen LogP) is 2.80. The SMILES string of the molecule is CC(=O)Oc1c(C)cccc1C1CC1. The summed E-state index contributed by atoms with van der Waals surface area (Å²) in [5.74, 6) is 1.16. The average Bonchev–Trinajstić information content (AvgIpc) is 2.90. The van der Waals surface area contributed by atoms with Gasteiger partial charge in [-0.3, -0.25) is 4.79 Å². The van der Waals surface area contributed by atoms with E-state index in [1.54, 1.807) is 0 Å². The molecule has 0 saturated heterocycles. The monoisotopic (exact) mass is 190 g/mol. The van der Waals surface area contributed by atoms with Gasteiger partial charge in [-0.15, -0.1) is 0 Å². The van der Waals surface area contributed by atoms with Crippen LogP contribution in [0.4, 0.5) is 0 Å². The van der Waals surface area contributed by atoms with Crippen LogP contribution in [-0.2, 0) is 4.79 Å². The number of hydrogen-bond acceptors (Lipinski definition) is 2. The topological polar surface area (TPSA) is 26.3 Å². The third-order valence-electron chi connectivity index (χ3n) is 2.51. The van der Waals surface area contributed by atoms with Gasteiger partial charge in [0.2, 0.25) is 0 Å². The van der Waals surface area contributed by atoms with E-state index in [1.807, 2.05) is 19.1 Å². The zero-order valence-electron chi connectivity index (χ0n) is 8.54. The molecule has 0 N–H and O–H groups in total. The summed E-state index contributed by atoms with van der Waals surface area (Å²) in [5, 5.41) is 0. The molecule has 0 bridgehead atoms. The zero-order chi connectivity index (χ0) is 10.1. The molecule has 14 heavy (non-hydrogen) atoms. The Kier molecular flexibility index (Phi) is 2.28. The summed E-state index contributed by atoms with van der Waals surface area (Å²) < 4.78 is 5.24. The molecule has 1 aliphatic carbocycles. The minimum atomic E-state index is -0.235. The number of benzene rings is 1. The smallest absolute Gasteiger partial charge is 0.308 e. The van der Waals surface area contributed by atoms with Crippen molar-refractivity contribution in [3.05, 3.63) is 29.3 Å². The molecule has 0 amide bonds. The van der Waals surface area contributed by atoms with Crippen LogP contribution in [0.1, 0.15) is 36.8 Å². The van der Waals surface area contributed by atoms with E-state index in [0.29, 0.717) is 5.92 Å². The van der Waals surface area contributed by atoms with Crippen LogP contribution in [0.25, 0.3) is 0 Å². The first-order valence-electron chi connectivity index (χ1n) is 4.96. The van der Waals surface area contributed by atoms with E-state index in [4.69, 9.17) is 4.74 Å². The van der Waals surface area contributed by atoms with E-state index in [1.165, 1.54) is 25.3 Å². The first-order valence-corrected chi connectivity index (χ1v) is 4.96. The molecule has 0 aliphatic heterocycles. The fraction of sp³-hybridized carbons (Fsp3) is 0.417. The highest BCUT2D eigenvalue weighted by atomic mass is 16.5. The van der Waals surface area contributed by atoms with E-state index in [0.717, 1.165) is 11.3 Å². The molecule has 2 rings (SSSR count). The first kappa shape index (κ1) is 9.25. The second-order valence-electron chi connectivity index (χ2n) is 3.86. The Hall–Kier alpha value is -1.31. The maximum atomic E-state index is 10.9. The lowest BCUT2D eigenvalue weighted by Crippen LogP contribution is -2.05. The Bertz CT molecular complexity index is 365. The van der Waals surface area contributed by atoms with Crippen molar-refractivity contribution < 1.29 is 9.53 Å². The van der Waals surface area contributed by atoms with E-state index >= 15 is 0 Å². The Morgan fingerprint density at radius 1 is 1.43 bits per heavy atom. The highest BCUT2D eigenvalue weighted by Gasteiger charge is 2.27. The third-order valence-corrected chi connectivity index (χ3v) is 2.51. The van der Waals surface area contributed by atoms with Crippen molar-refractivity contribution >= 4 is 5.97 Å². The fourth-order valence-corrected chi connectivity index (χ4v) is 1.67. The number of hydrogen-bond donors (Lipinski definition) is 0. The molecule has 0 atom stereocenters. The third kappa shape index (κ3) is 1.79. The molecular weight excluding hydrogens is 176 g/mol. The van der Waals surface area contributed by atoms with Gasteiger partial charge in [0.15, 0.2) is 0 Å². The van der Waals surface area contributed by atoms with Crippen LogP contribution >= 0.6 is 0 Å². The minimum absolute atomic E-state index is 0.235. The van der Waals surface area contributed by atoms with Gasteiger partial charge >= 0.3 is 5.97 Å². The lowest BCUT2D eigenvalue weighted by atomic mass is 10.1. The molecule has 1 fully saturated rings. The Labute approximate surface area is 83.9 Å².